The van der Waals surface area contributed by atoms with Gasteiger partial charge in [-0.3, -0.25) is 14.9 Å². The van der Waals surface area contributed by atoms with E-state index in [2.05, 4.69) is 20.5 Å². The van der Waals surface area contributed by atoms with Gasteiger partial charge in [-0.25, -0.2) is 0 Å². The summed E-state index contributed by atoms with van der Waals surface area (Å²) in [6, 6.07) is 11.1. The number of benzene rings is 1. The smallest absolute Gasteiger partial charge is 0.226 e. The minimum absolute atomic E-state index is 0.00977. The van der Waals surface area contributed by atoms with Crippen LogP contribution in [0.2, 0.25) is 5.02 Å². The molecule has 1 atom stereocenters. The van der Waals surface area contributed by atoms with Gasteiger partial charge in [0.1, 0.15) is 5.82 Å². The van der Waals surface area contributed by atoms with Crippen LogP contribution in [0.3, 0.4) is 0 Å². The van der Waals surface area contributed by atoms with E-state index in [1.807, 2.05) is 31.2 Å². The molecule has 2 heterocycles. The van der Waals surface area contributed by atoms with E-state index in [1.54, 1.807) is 24.5 Å². The first-order valence-corrected chi connectivity index (χ1v) is 9.08. The molecule has 0 saturated carbocycles. The number of aromatic nitrogens is 3. The van der Waals surface area contributed by atoms with Crippen molar-refractivity contribution in [3.8, 4) is 11.3 Å². The summed E-state index contributed by atoms with van der Waals surface area (Å²) in [6.07, 6.45) is 4.16. The van der Waals surface area contributed by atoms with Crippen LogP contribution in [0.25, 0.3) is 11.3 Å². The Morgan fingerprint density at radius 2 is 1.93 bits per heavy atom. The zero-order chi connectivity index (χ0) is 19.2. The first-order chi connectivity index (χ1) is 13.1. The number of amides is 1. The summed E-state index contributed by atoms with van der Waals surface area (Å²) in [5, 5.41) is 20.1. The molecule has 3 rings (SSSR count). The number of nitrogens with zero attached hydrogens (tertiary/aromatic N) is 2. The molecule has 7 heteroatoms. The van der Waals surface area contributed by atoms with Gasteiger partial charge in [0.05, 0.1) is 5.69 Å². The average molecular weight is 385 g/mol. The monoisotopic (exact) mass is 384 g/mol. The fourth-order valence-corrected chi connectivity index (χ4v) is 3.13. The third kappa shape index (κ3) is 4.72. The first kappa shape index (κ1) is 19.1. The standard InChI is InChI=1S/C20H21ClN4O2/c1-13-19(15-6-9-22-10-7-15)24-25-20(13)23-18(27)12-16(8-11-26)14-2-4-17(21)5-3-14/h2-7,9-10,16,26H,8,11-12H2,1H3,(H2,23,24,25,27). The second-order valence-electron chi connectivity index (χ2n) is 6.32. The van der Waals surface area contributed by atoms with Gasteiger partial charge in [-0.2, -0.15) is 5.10 Å². The van der Waals surface area contributed by atoms with Gasteiger partial charge < -0.3 is 10.4 Å². The largest absolute Gasteiger partial charge is 0.396 e. The predicted octanol–water partition coefficient (Wildman–Crippen LogP) is 3.93. The maximum absolute atomic E-state index is 12.6. The Kier molecular flexibility index (Phi) is 6.21. The number of aliphatic hydroxyl groups is 1. The van der Waals surface area contributed by atoms with Crippen molar-refractivity contribution in [1.29, 1.82) is 0 Å². The second kappa shape index (κ2) is 8.79. The number of pyridine rings is 1. The van der Waals surface area contributed by atoms with Crippen LogP contribution in [0.15, 0.2) is 48.8 Å². The number of aliphatic hydroxyl groups excluding tert-OH is 1. The molecular weight excluding hydrogens is 364 g/mol. The highest BCUT2D eigenvalue weighted by atomic mass is 35.5. The van der Waals surface area contributed by atoms with Crippen molar-refractivity contribution in [3.05, 3.63) is 64.9 Å². The normalized spacial score (nSPS) is 12.0. The molecule has 0 aliphatic carbocycles. The maximum Gasteiger partial charge on any atom is 0.226 e. The molecule has 0 fully saturated rings. The van der Waals surface area contributed by atoms with Gasteiger partial charge in [0.15, 0.2) is 0 Å². The van der Waals surface area contributed by atoms with E-state index in [0.717, 1.165) is 22.4 Å². The lowest BCUT2D eigenvalue weighted by Gasteiger charge is -2.16. The Balaban J connectivity index is 1.71. The van der Waals surface area contributed by atoms with Crippen molar-refractivity contribution in [2.75, 3.05) is 11.9 Å². The molecule has 140 valence electrons. The Morgan fingerprint density at radius 3 is 2.59 bits per heavy atom. The molecule has 6 nitrogen and oxygen atoms in total. The lowest BCUT2D eigenvalue weighted by molar-refractivity contribution is -0.116. The van der Waals surface area contributed by atoms with E-state index in [-0.39, 0.29) is 24.9 Å². The number of halogens is 1. The first-order valence-electron chi connectivity index (χ1n) is 8.70. The highest BCUT2D eigenvalue weighted by Gasteiger charge is 2.18. The number of rotatable bonds is 7. The summed E-state index contributed by atoms with van der Waals surface area (Å²) >= 11 is 5.93. The molecule has 3 aromatic rings. The van der Waals surface area contributed by atoms with E-state index in [0.29, 0.717) is 17.3 Å². The Morgan fingerprint density at radius 1 is 1.22 bits per heavy atom. The van der Waals surface area contributed by atoms with E-state index >= 15 is 0 Å². The summed E-state index contributed by atoms with van der Waals surface area (Å²) in [6.45, 7) is 1.91. The predicted molar refractivity (Wildman–Crippen MR) is 106 cm³/mol. The molecule has 1 unspecified atom stereocenters. The molecule has 0 radical (unpaired) electrons. The van der Waals surface area contributed by atoms with Crippen LogP contribution in [-0.2, 0) is 4.79 Å². The van der Waals surface area contributed by atoms with Crippen molar-refractivity contribution in [3.63, 3.8) is 0 Å². The summed E-state index contributed by atoms with van der Waals surface area (Å²) < 4.78 is 0. The van der Waals surface area contributed by atoms with Crippen LogP contribution in [0.5, 0.6) is 0 Å². The SMILES string of the molecule is Cc1c(-c2ccncc2)n[nH]c1NC(=O)CC(CCO)c1ccc(Cl)cc1. The van der Waals surface area contributed by atoms with Crippen LogP contribution in [0.1, 0.15) is 29.9 Å². The third-order valence-electron chi connectivity index (χ3n) is 4.48. The molecule has 1 aromatic carbocycles. The van der Waals surface area contributed by atoms with Crippen molar-refractivity contribution in [1.82, 2.24) is 15.2 Å². The van der Waals surface area contributed by atoms with E-state index in [4.69, 9.17) is 11.6 Å². The third-order valence-corrected chi connectivity index (χ3v) is 4.73. The second-order valence-corrected chi connectivity index (χ2v) is 6.76. The van der Waals surface area contributed by atoms with Gasteiger partial charge in [-0.1, -0.05) is 23.7 Å². The molecular formula is C20H21ClN4O2. The van der Waals surface area contributed by atoms with Gasteiger partial charge in [0, 0.05) is 41.6 Å². The van der Waals surface area contributed by atoms with Crippen molar-refractivity contribution < 1.29 is 9.90 Å². The summed E-state index contributed by atoms with van der Waals surface area (Å²) in [4.78, 5) is 16.6. The molecule has 1 amide bonds. The van der Waals surface area contributed by atoms with Gasteiger partial charge in [0.2, 0.25) is 5.91 Å². The molecule has 0 saturated heterocycles. The Labute approximate surface area is 162 Å². The summed E-state index contributed by atoms with van der Waals surface area (Å²) in [5.74, 6) is 0.345. The molecule has 0 spiro atoms. The molecule has 27 heavy (non-hydrogen) atoms. The Hall–Kier alpha value is -2.70. The number of H-pyrrole nitrogens is 1. The number of hydrogen-bond donors (Lipinski definition) is 3. The van der Waals surface area contributed by atoms with Gasteiger partial charge in [-0.15, -0.1) is 0 Å². The fraction of sp³-hybridized carbons (Fsp3) is 0.250. The van der Waals surface area contributed by atoms with Gasteiger partial charge >= 0.3 is 0 Å². The molecule has 2 aromatic heterocycles. The Bertz CT molecular complexity index is 894. The molecule has 0 aliphatic rings. The zero-order valence-electron chi connectivity index (χ0n) is 14.9. The average Bonchev–Trinajstić information content (AvgIpc) is 3.03. The summed E-state index contributed by atoms with van der Waals surface area (Å²) in [7, 11) is 0. The van der Waals surface area contributed by atoms with Crippen LogP contribution < -0.4 is 5.32 Å². The maximum atomic E-state index is 12.6. The highest BCUT2D eigenvalue weighted by molar-refractivity contribution is 6.30. The number of nitrogens with one attached hydrogen (secondary N) is 2. The fourth-order valence-electron chi connectivity index (χ4n) is 3.00. The minimum atomic E-state index is -0.142. The number of carbonyl (C=O) groups is 1. The quantitative estimate of drug-likeness (QED) is 0.575. The number of aromatic amines is 1. The minimum Gasteiger partial charge on any atom is -0.396 e. The van der Waals surface area contributed by atoms with E-state index in [1.165, 1.54) is 0 Å². The zero-order valence-corrected chi connectivity index (χ0v) is 15.7. The summed E-state index contributed by atoms with van der Waals surface area (Å²) in [5.41, 5.74) is 3.54. The highest BCUT2D eigenvalue weighted by Crippen LogP contribution is 2.28. The van der Waals surface area contributed by atoms with Gasteiger partial charge in [-0.05, 0) is 49.1 Å². The van der Waals surface area contributed by atoms with Crippen LogP contribution in [0.4, 0.5) is 5.82 Å². The van der Waals surface area contributed by atoms with E-state index < -0.39 is 0 Å². The molecule has 0 bridgehead atoms. The lowest BCUT2D eigenvalue weighted by atomic mass is 9.92. The topological polar surface area (TPSA) is 90.9 Å². The van der Waals surface area contributed by atoms with Crippen LogP contribution in [0, 0.1) is 6.92 Å². The van der Waals surface area contributed by atoms with Crippen molar-refractivity contribution in [2.45, 2.75) is 25.7 Å². The van der Waals surface area contributed by atoms with Crippen molar-refractivity contribution in [2.24, 2.45) is 0 Å². The van der Waals surface area contributed by atoms with Gasteiger partial charge in [0.25, 0.3) is 0 Å². The lowest BCUT2D eigenvalue weighted by Crippen LogP contribution is -2.17. The van der Waals surface area contributed by atoms with Crippen molar-refractivity contribution >= 4 is 23.3 Å². The van der Waals surface area contributed by atoms with E-state index in [9.17, 15) is 9.90 Å². The number of carbonyl (C=O) groups excluding carboxylic acids is 1. The van der Waals surface area contributed by atoms with Crippen LogP contribution >= 0.6 is 11.6 Å². The molecule has 3 N–H and O–H groups in total. The number of hydrogen-bond acceptors (Lipinski definition) is 4. The van der Waals surface area contributed by atoms with Crippen LogP contribution in [-0.4, -0.2) is 32.8 Å². The molecule has 0 aliphatic heterocycles. The number of anilines is 1.